The van der Waals surface area contributed by atoms with Crippen molar-refractivity contribution >= 4 is 0 Å². The zero-order chi connectivity index (χ0) is 12.4. The van der Waals surface area contributed by atoms with Crippen LogP contribution in [0.1, 0.15) is 36.9 Å². The zero-order valence-corrected chi connectivity index (χ0v) is 10.6. The maximum Gasteiger partial charge on any atom is 0.126 e. The number of nitrogens with zero attached hydrogens (tertiary/aromatic N) is 1. The summed E-state index contributed by atoms with van der Waals surface area (Å²) in [6, 6.07) is 6.03. The molecule has 1 saturated heterocycles. The van der Waals surface area contributed by atoms with Gasteiger partial charge in [0.2, 0.25) is 0 Å². The second-order valence-electron chi connectivity index (χ2n) is 5.08. The summed E-state index contributed by atoms with van der Waals surface area (Å²) in [6.45, 7) is 5.89. The molecule has 0 aromatic heterocycles. The highest BCUT2D eigenvalue weighted by Crippen LogP contribution is 2.25. The first kappa shape index (κ1) is 12.5. The molecule has 0 aliphatic carbocycles. The van der Waals surface area contributed by atoms with Crippen molar-refractivity contribution in [3.8, 4) is 0 Å². The smallest absolute Gasteiger partial charge is 0.126 e. The van der Waals surface area contributed by atoms with Gasteiger partial charge in [-0.05, 0) is 50.4 Å². The minimum absolute atomic E-state index is 0.115. The third-order valence-corrected chi connectivity index (χ3v) is 3.72. The normalized spacial score (nSPS) is 23.6. The van der Waals surface area contributed by atoms with E-state index in [1.165, 1.54) is 0 Å². The van der Waals surface area contributed by atoms with Crippen LogP contribution in [0.3, 0.4) is 0 Å². The van der Waals surface area contributed by atoms with Gasteiger partial charge in [0, 0.05) is 18.6 Å². The minimum Gasteiger partial charge on any atom is -0.327 e. The van der Waals surface area contributed by atoms with Crippen LogP contribution in [-0.4, -0.2) is 24.0 Å². The number of halogens is 1. The molecule has 0 radical (unpaired) electrons. The van der Waals surface area contributed by atoms with E-state index in [9.17, 15) is 4.39 Å². The van der Waals surface area contributed by atoms with Gasteiger partial charge < -0.3 is 5.73 Å². The van der Waals surface area contributed by atoms with Crippen LogP contribution in [0.2, 0.25) is 0 Å². The predicted molar refractivity (Wildman–Crippen MR) is 68.3 cm³/mol. The summed E-state index contributed by atoms with van der Waals surface area (Å²) in [7, 11) is 0. The predicted octanol–water partition coefficient (Wildman–Crippen LogP) is 2.62. The van der Waals surface area contributed by atoms with Gasteiger partial charge in [-0.15, -0.1) is 0 Å². The number of hydrogen-bond acceptors (Lipinski definition) is 2. The van der Waals surface area contributed by atoms with E-state index < -0.39 is 0 Å². The molecule has 2 N–H and O–H groups in total. The van der Waals surface area contributed by atoms with Crippen LogP contribution in [-0.2, 0) is 0 Å². The molecular weight excluding hydrogens is 215 g/mol. The van der Waals surface area contributed by atoms with E-state index in [1.54, 1.807) is 13.0 Å². The fourth-order valence-corrected chi connectivity index (χ4v) is 2.47. The fraction of sp³-hybridized carbons (Fsp3) is 0.571. The Hall–Kier alpha value is -0.930. The van der Waals surface area contributed by atoms with Crippen molar-refractivity contribution in [1.29, 1.82) is 0 Å². The molecular formula is C14H21FN2. The summed E-state index contributed by atoms with van der Waals surface area (Å²) in [5.74, 6) is -0.115. The first-order valence-electron chi connectivity index (χ1n) is 6.33. The number of nitrogens with two attached hydrogens (primary N) is 1. The van der Waals surface area contributed by atoms with E-state index in [4.69, 9.17) is 5.73 Å². The van der Waals surface area contributed by atoms with Crippen LogP contribution in [0, 0.1) is 12.7 Å². The lowest BCUT2D eigenvalue weighted by Gasteiger charge is -2.35. The molecule has 1 fully saturated rings. The van der Waals surface area contributed by atoms with Crippen molar-refractivity contribution in [3.05, 3.63) is 35.1 Å². The van der Waals surface area contributed by atoms with Gasteiger partial charge in [0.15, 0.2) is 0 Å². The van der Waals surface area contributed by atoms with Gasteiger partial charge in [0.05, 0.1) is 0 Å². The topological polar surface area (TPSA) is 29.3 Å². The second kappa shape index (κ2) is 5.15. The van der Waals surface area contributed by atoms with Crippen LogP contribution in [0.25, 0.3) is 0 Å². The third kappa shape index (κ3) is 2.85. The minimum atomic E-state index is -0.115. The van der Waals surface area contributed by atoms with Gasteiger partial charge in [0.1, 0.15) is 5.82 Å². The van der Waals surface area contributed by atoms with E-state index in [2.05, 4.69) is 11.8 Å². The van der Waals surface area contributed by atoms with Gasteiger partial charge in [-0.1, -0.05) is 12.1 Å². The molecule has 2 rings (SSSR count). The van der Waals surface area contributed by atoms with Gasteiger partial charge >= 0.3 is 0 Å². The van der Waals surface area contributed by atoms with Crippen LogP contribution < -0.4 is 5.73 Å². The summed E-state index contributed by atoms with van der Waals surface area (Å²) in [4.78, 5) is 2.35. The van der Waals surface area contributed by atoms with Crippen LogP contribution in [0.15, 0.2) is 18.2 Å². The zero-order valence-electron chi connectivity index (χ0n) is 10.6. The number of aryl methyl sites for hydroxylation is 1. The molecule has 1 heterocycles. The average molecular weight is 236 g/mol. The molecule has 1 aromatic carbocycles. The maximum absolute atomic E-state index is 13.5. The van der Waals surface area contributed by atoms with Gasteiger partial charge in [0.25, 0.3) is 0 Å². The molecule has 0 saturated carbocycles. The summed E-state index contributed by atoms with van der Waals surface area (Å²) in [5.41, 5.74) is 7.73. The van der Waals surface area contributed by atoms with Crippen molar-refractivity contribution < 1.29 is 4.39 Å². The Balaban J connectivity index is 2.12. The van der Waals surface area contributed by atoms with E-state index in [0.717, 1.165) is 31.5 Å². The van der Waals surface area contributed by atoms with Crippen LogP contribution in [0.4, 0.5) is 4.39 Å². The number of hydrogen-bond donors (Lipinski definition) is 1. The fourth-order valence-electron chi connectivity index (χ4n) is 2.47. The lowest BCUT2D eigenvalue weighted by molar-refractivity contribution is 0.159. The first-order chi connectivity index (χ1) is 8.08. The molecule has 17 heavy (non-hydrogen) atoms. The van der Waals surface area contributed by atoms with Crippen LogP contribution in [0.5, 0.6) is 0 Å². The highest BCUT2D eigenvalue weighted by Gasteiger charge is 2.22. The first-order valence-corrected chi connectivity index (χ1v) is 6.33. The summed E-state index contributed by atoms with van der Waals surface area (Å²) < 4.78 is 13.5. The summed E-state index contributed by atoms with van der Waals surface area (Å²) in [5, 5.41) is 0. The number of rotatable bonds is 2. The molecule has 1 aliphatic heterocycles. The Morgan fingerprint density at radius 3 is 2.88 bits per heavy atom. The summed E-state index contributed by atoms with van der Waals surface area (Å²) in [6.07, 6.45) is 2.24. The Kier molecular flexibility index (Phi) is 3.79. The average Bonchev–Trinajstić information content (AvgIpc) is 2.32. The lowest BCUT2D eigenvalue weighted by atomic mass is 10.00. The Labute approximate surface area is 103 Å². The summed E-state index contributed by atoms with van der Waals surface area (Å²) >= 11 is 0. The Bertz CT molecular complexity index is 392. The molecule has 2 unspecified atom stereocenters. The molecule has 94 valence electrons. The van der Waals surface area contributed by atoms with Gasteiger partial charge in [-0.2, -0.15) is 0 Å². The Morgan fingerprint density at radius 1 is 1.47 bits per heavy atom. The van der Waals surface area contributed by atoms with Crippen molar-refractivity contribution in [3.63, 3.8) is 0 Å². The van der Waals surface area contributed by atoms with E-state index in [1.807, 2.05) is 12.1 Å². The van der Waals surface area contributed by atoms with Gasteiger partial charge in [-0.3, -0.25) is 4.90 Å². The monoisotopic (exact) mass is 236 g/mol. The van der Waals surface area contributed by atoms with Gasteiger partial charge in [-0.25, -0.2) is 4.39 Å². The van der Waals surface area contributed by atoms with E-state index in [0.29, 0.717) is 5.56 Å². The molecule has 0 bridgehead atoms. The Morgan fingerprint density at radius 2 is 2.24 bits per heavy atom. The largest absolute Gasteiger partial charge is 0.327 e. The number of likely N-dealkylation sites (tertiary alicyclic amines) is 1. The number of piperidine rings is 1. The third-order valence-electron chi connectivity index (χ3n) is 3.72. The quantitative estimate of drug-likeness (QED) is 0.855. The maximum atomic E-state index is 13.5. The SMILES string of the molecule is Cc1ccc(C(C)N2CCCC(N)C2)cc1F. The van der Waals surface area contributed by atoms with Crippen molar-refractivity contribution in [2.75, 3.05) is 13.1 Å². The molecule has 1 aromatic rings. The van der Waals surface area contributed by atoms with E-state index in [-0.39, 0.29) is 17.9 Å². The molecule has 0 spiro atoms. The van der Waals surface area contributed by atoms with Crippen LogP contribution >= 0.6 is 0 Å². The molecule has 2 nitrogen and oxygen atoms in total. The molecule has 3 heteroatoms. The molecule has 1 aliphatic rings. The second-order valence-corrected chi connectivity index (χ2v) is 5.08. The molecule has 2 atom stereocenters. The lowest BCUT2D eigenvalue weighted by Crippen LogP contribution is -2.43. The van der Waals surface area contributed by atoms with Crippen molar-refractivity contribution in [1.82, 2.24) is 4.90 Å². The van der Waals surface area contributed by atoms with Crippen molar-refractivity contribution in [2.45, 2.75) is 38.8 Å². The standard InChI is InChI=1S/C14H21FN2/c1-10-5-6-12(8-14(10)15)11(2)17-7-3-4-13(16)9-17/h5-6,8,11,13H,3-4,7,9,16H2,1-2H3. The molecule has 0 amide bonds. The van der Waals surface area contributed by atoms with E-state index >= 15 is 0 Å². The highest BCUT2D eigenvalue weighted by molar-refractivity contribution is 5.25. The highest BCUT2D eigenvalue weighted by atomic mass is 19.1. The number of benzene rings is 1. The van der Waals surface area contributed by atoms with Crippen molar-refractivity contribution in [2.24, 2.45) is 5.73 Å².